The van der Waals surface area contributed by atoms with Crippen molar-refractivity contribution in [3.63, 3.8) is 0 Å². The Balaban J connectivity index is 2.15. The number of nitrogens with zero attached hydrogens (tertiary/aromatic N) is 1. The van der Waals surface area contributed by atoms with Gasteiger partial charge in [0.2, 0.25) is 0 Å². The molecule has 2 rings (SSSR count). The fourth-order valence-corrected chi connectivity index (χ4v) is 2.87. The number of H-pyrrole nitrogens is 1. The van der Waals surface area contributed by atoms with Gasteiger partial charge in [0.25, 0.3) is 10.0 Å². The molecule has 1 aromatic carbocycles. The van der Waals surface area contributed by atoms with E-state index >= 15 is 0 Å². The largest absolute Gasteiger partial charge is 0.316 e. The van der Waals surface area contributed by atoms with E-state index in [0.29, 0.717) is 12.1 Å². The number of hydrogen-bond acceptors (Lipinski definition) is 4. The Morgan fingerprint density at radius 3 is 2.70 bits per heavy atom. The number of hydrogen-bond donors (Lipinski definition) is 3. The summed E-state index contributed by atoms with van der Waals surface area (Å²) in [5.74, 6) is -0.449. The minimum absolute atomic E-state index is 0.0109. The van der Waals surface area contributed by atoms with Crippen molar-refractivity contribution in [2.45, 2.75) is 18.1 Å². The fourth-order valence-electron chi connectivity index (χ4n) is 1.73. The van der Waals surface area contributed by atoms with E-state index in [1.165, 1.54) is 18.3 Å². The van der Waals surface area contributed by atoms with Crippen LogP contribution in [0, 0.1) is 5.82 Å². The van der Waals surface area contributed by atoms with Gasteiger partial charge < -0.3 is 5.32 Å². The first kappa shape index (κ1) is 14.6. The quantitative estimate of drug-likeness (QED) is 0.734. The standard InChI is InChI=1S/C12H15FN4O2S/c1-14-6-10-7-15-17-12(10)20(18,19)16-8-9-4-2-3-5-11(9)13/h2-5,7,14,16H,6,8H2,1H3,(H,15,17). The minimum Gasteiger partial charge on any atom is -0.316 e. The number of sulfonamides is 1. The van der Waals surface area contributed by atoms with Gasteiger partial charge in [-0.1, -0.05) is 18.2 Å². The molecule has 8 heteroatoms. The Kier molecular flexibility index (Phi) is 4.48. The summed E-state index contributed by atoms with van der Waals surface area (Å²) < 4.78 is 40.1. The number of aromatic amines is 1. The molecule has 0 unspecified atom stereocenters. The number of aromatic nitrogens is 2. The highest BCUT2D eigenvalue weighted by atomic mass is 32.2. The van der Waals surface area contributed by atoms with Crippen LogP contribution in [0.25, 0.3) is 0 Å². The third-order valence-corrected chi connectivity index (χ3v) is 4.14. The van der Waals surface area contributed by atoms with Crippen molar-refractivity contribution < 1.29 is 12.8 Å². The van der Waals surface area contributed by atoms with Crippen LogP contribution < -0.4 is 10.0 Å². The summed E-state index contributed by atoms with van der Waals surface area (Å²) in [5, 5.41) is 9.01. The lowest BCUT2D eigenvalue weighted by atomic mass is 10.2. The highest BCUT2D eigenvalue weighted by Crippen LogP contribution is 2.13. The van der Waals surface area contributed by atoms with E-state index in [0.717, 1.165) is 0 Å². The molecule has 1 aromatic heterocycles. The zero-order chi connectivity index (χ0) is 14.6. The molecule has 0 spiro atoms. The Morgan fingerprint density at radius 2 is 2.00 bits per heavy atom. The second kappa shape index (κ2) is 6.12. The fraction of sp³-hybridized carbons (Fsp3) is 0.250. The first-order valence-electron chi connectivity index (χ1n) is 5.94. The van der Waals surface area contributed by atoms with E-state index in [4.69, 9.17) is 0 Å². The van der Waals surface area contributed by atoms with Crippen LogP contribution in [0.5, 0.6) is 0 Å². The lowest BCUT2D eigenvalue weighted by Gasteiger charge is -2.07. The van der Waals surface area contributed by atoms with Gasteiger partial charge in [-0.15, -0.1) is 0 Å². The zero-order valence-corrected chi connectivity index (χ0v) is 11.7. The third kappa shape index (κ3) is 3.21. The average Bonchev–Trinajstić information content (AvgIpc) is 2.87. The SMILES string of the molecule is CNCc1cn[nH]c1S(=O)(=O)NCc1ccccc1F. The molecule has 6 nitrogen and oxygen atoms in total. The average molecular weight is 298 g/mol. The molecule has 3 N–H and O–H groups in total. The van der Waals surface area contributed by atoms with Crippen LogP contribution in [0.1, 0.15) is 11.1 Å². The molecule has 0 aliphatic heterocycles. The van der Waals surface area contributed by atoms with Crippen LogP contribution in [0.15, 0.2) is 35.5 Å². The van der Waals surface area contributed by atoms with Crippen molar-refractivity contribution in [1.82, 2.24) is 20.2 Å². The molecule has 0 bridgehead atoms. The van der Waals surface area contributed by atoms with Crippen LogP contribution in [0.2, 0.25) is 0 Å². The van der Waals surface area contributed by atoms with Crippen LogP contribution in [-0.2, 0) is 23.1 Å². The van der Waals surface area contributed by atoms with Crippen molar-refractivity contribution in [3.05, 3.63) is 47.4 Å². The van der Waals surface area contributed by atoms with Gasteiger partial charge in [-0.25, -0.2) is 17.5 Å². The normalized spacial score (nSPS) is 11.7. The maximum Gasteiger partial charge on any atom is 0.258 e. The molecule has 0 saturated carbocycles. The van der Waals surface area contributed by atoms with Crippen molar-refractivity contribution in [3.8, 4) is 0 Å². The molecule has 0 fully saturated rings. The second-order valence-corrected chi connectivity index (χ2v) is 5.87. The Hall–Kier alpha value is -1.77. The molecule has 0 aliphatic carbocycles. The van der Waals surface area contributed by atoms with Gasteiger partial charge in [0.05, 0.1) is 6.20 Å². The van der Waals surface area contributed by atoms with Crippen molar-refractivity contribution in [1.29, 1.82) is 0 Å². The Labute approximate surface area is 116 Å². The Morgan fingerprint density at radius 1 is 1.25 bits per heavy atom. The van der Waals surface area contributed by atoms with Gasteiger partial charge in [-0.3, -0.25) is 5.10 Å². The van der Waals surface area contributed by atoms with Crippen molar-refractivity contribution in [2.24, 2.45) is 0 Å². The number of benzene rings is 1. The summed E-state index contributed by atoms with van der Waals surface area (Å²) in [6.45, 7) is 0.249. The Bertz CT molecular complexity index is 684. The highest BCUT2D eigenvalue weighted by Gasteiger charge is 2.20. The van der Waals surface area contributed by atoms with E-state index < -0.39 is 15.8 Å². The number of halogens is 1. The smallest absolute Gasteiger partial charge is 0.258 e. The van der Waals surface area contributed by atoms with E-state index in [2.05, 4.69) is 20.2 Å². The molecular formula is C12H15FN4O2S. The minimum atomic E-state index is -3.76. The summed E-state index contributed by atoms with van der Waals surface area (Å²) in [5.41, 5.74) is 0.805. The summed E-state index contributed by atoms with van der Waals surface area (Å²) in [6.07, 6.45) is 1.44. The van der Waals surface area contributed by atoms with E-state index in [-0.39, 0.29) is 17.1 Å². The molecule has 108 valence electrons. The molecule has 0 amide bonds. The number of rotatable bonds is 6. The van der Waals surface area contributed by atoms with Crippen LogP contribution in [0.3, 0.4) is 0 Å². The monoisotopic (exact) mass is 298 g/mol. The van der Waals surface area contributed by atoms with Crippen molar-refractivity contribution >= 4 is 10.0 Å². The first-order valence-corrected chi connectivity index (χ1v) is 7.43. The van der Waals surface area contributed by atoms with Gasteiger partial charge in [0.15, 0.2) is 5.03 Å². The third-order valence-electron chi connectivity index (χ3n) is 2.72. The molecule has 20 heavy (non-hydrogen) atoms. The summed E-state index contributed by atoms with van der Waals surface area (Å²) >= 11 is 0. The first-order chi connectivity index (χ1) is 9.54. The lowest BCUT2D eigenvalue weighted by Crippen LogP contribution is -2.25. The predicted molar refractivity (Wildman–Crippen MR) is 71.8 cm³/mol. The maximum absolute atomic E-state index is 13.4. The number of nitrogens with one attached hydrogen (secondary N) is 3. The molecule has 2 aromatic rings. The molecule has 0 aliphatic rings. The van der Waals surface area contributed by atoms with Gasteiger partial charge in [-0.05, 0) is 13.1 Å². The summed E-state index contributed by atoms with van der Waals surface area (Å²) in [7, 11) is -2.05. The molecule has 0 atom stereocenters. The zero-order valence-electron chi connectivity index (χ0n) is 10.9. The van der Waals surface area contributed by atoms with Crippen LogP contribution >= 0.6 is 0 Å². The van der Waals surface area contributed by atoms with Crippen LogP contribution in [0.4, 0.5) is 4.39 Å². The van der Waals surface area contributed by atoms with Gasteiger partial charge in [-0.2, -0.15) is 5.10 Å². The lowest BCUT2D eigenvalue weighted by molar-refractivity contribution is 0.569. The molecular weight excluding hydrogens is 283 g/mol. The predicted octanol–water partition coefficient (Wildman–Crippen LogP) is 0.747. The topological polar surface area (TPSA) is 86.9 Å². The molecule has 1 heterocycles. The van der Waals surface area contributed by atoms with E-state index in [1.807, 2.05) is 0 Å². The summed E-state index contributed by atoms with van der Waals surface area (Å²) in [6, 6.07) is 6.01. The van der Waals surface area contributed by atoms with Gasteiger partial charge in [0.1, 0.15) is 5.82 Å². The van der Waals surface area contributed by atoms with Crippen LogP contribution in [-0.4, -0.2) is 25.7 Å². The van der Waals surface area contributed by atoms with E-state index in [9.17, 15) is 12.8 Å². The van der Waals surface area contributed by atoms with Gasteiger partial charge in [0, 0.05) is 24.2 Å². The van der Waals surface area contributed by atoms with Crippen molar-refractivity contribution in [2.75, 3.05) is 7.05 Å². The molecule has 0 radical (unpaired) electrons. The van der Waals surface area contributed by atoms with E-state index in [1.54, 1.807) is 19.2 Å². The van der Waals surface area contributed by atoms with Gasteiger partial charge >= 0.3 is 0 Å². The maximum atomic E-state index is 13.4. The second-order valence-electron chi connectivity index (χ2n) is 4.17. The molecule has 0 saturated heterocycles. The summed E-state index contributed by atoms with van der Waals surface area (Å²) in [4.78, 5) is 0. The highest BCUT2D eigenvalue weighted by molar-refractivity contribution is 7.89.